The molecule has 0 saturated heterocycles. The van der Waals surface area contributed by atoms with Crippen LogP contribution < -0.4 is 11.5 Å². The van der Waals surface area contributed by atoms with Crippen LogP contribution in [0, 0.1) is 5.92 Å². The predicted octanol–water partition coefficient (Wildman–Crippen LogP) is 1.14. The van der Waals surface area contributed by atoms with Crippen molar-refractivity contribution in [3.63, 3.8) is 0 Å². The Morgan fingerprint density at radius 2 is 1.67 bits per heavy atom. The molecule has 0 amide bonds. The molecule has 0 radical (unpaired) electrons. The summed E-state index contributed by atoms with van der Waals surface area (Å²) in [6.45, 7) is 2.14. The maximum absolute atomic E-state index is 9.79. The molecule has 1 unspecified atom stereocenters. The zero-order valence-electron chi connectivity index (χ0n) is 10.9. The first kappa shape index (κ1) is 16.9. The fourth-order valence-electron chi connectivity index (χ4n) is 1.79. The van der Waals surface area contributed by atoms with Gasteiger partial charge in [-0.15, -0.1) is 0 Å². The minimum Gasteiger partial charge on any atom is -0.481 e. The van der Waals surface area contributed by atoms with Gasteiger partial charge in [-0.05, 0) is 25.2 Å². The molecule has 0 aromatic heterocycles. The van der Waals surface area contributed by atoms with Gasteiger partial charge in [0.1, 0.15) is 0 Å². The monoisotopic (exact) mass is 260 g/mol. The van der Waals surface area contributed by atoms with E-state index in [1.165, 1.54) is 19.3 Å². The summed E-state index contributed by atoms with van der Waals surface area (Å²) in [6, 6.07) is 0. The van der Waals surface area contributed by atoms with Crippen LogP contribution >= 0.6 is 0 Å². The van der Waals surface area contributed by atoms with Crippen LogP contribution in [-0.4, -0.2) is 27.8 Å². The molecular formula is C12H24N2O4. The van der Waals surface area contributed by atoms with E-state index < -0.39 is 11.9 Å². The Kier molecular flexibility index (Phi) is 7.54. The van der Waals surface area contributed by atoms with E-state index in [0.717, 1.165) is 6.42 Å². The molecule has 1 atom stereocenters. The number of rotatable bonds is 4. The van der Waals surface area contributed by atoms with E-state index in [1.54, 1.807) is 0 Å². The van der Waals surface area contributed by atoms with Gasteiger partial charge in [0, 0.05) is 12.8 Å². The third-order valence-electron chi connectivity index (χ3n) is 3.20. The highest BCUT2D eigenvalue weighted by molar-refractivity contribution is 5.69. The highest BCUT2D eigenvalue weighted by atomic mass is 16.4. The van der Waals surface area contributed by atoms with Crippen LogP contribution in [0.4, 0.5) is 0 Å². The van der Waals surface area contributed by atoms with Crippen molar-refractivity contribution in [1.82, 2.24) is 0 Å². The van der Waals surface area contributed by atoms with E-state index in [4.69, 9.17) is 21.7 Å². The van der Waals surface area contributed by atoms with Crippen LogP contribution in [0.3, 0.4) is 0 Å². The van der Waals surface area contributed by atoms with Crippen molar-refractivity contribution in [3.05, 3.63) is 0 Å². The molecule has 0 aromatic rings. The van der Waals surface area contributed by atoms with Gasteiger partial charge in [-0.1, -0.05) is 19.8 Å². The molecule has 1 aliphatic carbocycles. The van der Waals surface area contributed by atoms with Gasteiger partial charge in [0.25, 0.3) is 0 Å². The minimum absolute atomic E-state index is 0.0632. The lowest BCUT2D eigenvalue weighted by Crippen LogP contribution is -2.56. The molecule has 0 heterocycles. The molecule has 1 saturated carbocycles. The van der Waals surface area contributed by atoms with Gasteiger partial charge in [0.05, 0.1) is 5.66 Å². The third kappa shape index (κ3) is 8.03. The van der Waals surface area contributed by atoms with Crippen LogP contribution in [0.5, 0.6) is 0 Å². The van der Waals surface area contributed by atoms with Crippen LogP contribution in [0.1, 0.15) is 51.9 Å². The SMILES string of the molecule is CC1CCCCC1(N)N.O=C(O)CCCC(=O)O. The molecule has 0 bridgehead atoms. The Balaban J connectivity index is 0.000000321. The average Bonchev–Trinajstić information content (AvgIpc) is 2.22. The molecule has 0 spiro atoms. The topological polar surface area (TPSA) is 127 Å². The fraction of sp³-hybridized carbons (Fsp3) is 0.833. The van der Waals surface area contributed by atoms with Gasteiger partial charge >= 0.3 is 11.9 Å². The summed E-state index contributed by atoms with van der Waals surface area (Å²) >= 11 is 0. The maximum atomic E-state index is 9.79. The van der Waals surface area contributed by atoms with Crippen LogP contribution in [0.2, 0.25) is 0 Å². The van der Waals surface area contributed by atoms with Crippen molar-refractivity contribution in [2.45, 2.75) is 57.5 Å². The van der Waals surface area contributed by atoms with Gasteiger partial charge in [-0.3, -0.25) is 9.59 Å². The van der Waals surface area contributed by atoms with Crippen molar-refractivity contribution in [2.24, 2.45) is 17.4 Å². The highest BCUT2D eigenvalue weighted by Gasteiger charge is 2.29. The van der Waals surface area contributed by atoms with Crippen molar-refractivity contribution in [3.8, 4) is 0 Å². The molecule has 0 aromatic carbocycles. The summed E-state index contributed by atoms with van der Waals surface area (Å²) in [6.07, 6.45) is 4.79. The smallest absolute Gasteiger partial charge is 0.303 e. The van der Waals surface area contributed by atoms with Gasteiger partial charge in [0.15, 0.2) is 0 Å². The number of carboxylic acid groups (broad SMARTS) is 2. The molecule has 1 fully saturated rings. The molecule has 18 heavy (non-hydrogen) atoms. The number of carbonyl (C=O) groups is 2. The lowest BCUT2D eigenvalue weighted by Gasteiger charge is -2.35. The second-order valence-electron chi connectivity index (χ2n) is 4.90. The molecule has 1 rings (SSSR count). The largest absolute Gasteiger partial charge is 0.481 e. The van der Waals surface area contributed by atoms with Crippen molar-refractivity contribution < 1.29 is 19.8 Å². The van der Waals surface area contributed by atoms with Gasteiger partial charge in [0.2, 0.25) is 0 Å². The van der Waals surface area contributed by atoms with E-state index in [-0.39, 0.29) is 24.9 Å². The summed E-state index contributed by atoms with van der Waals surface area (Å²) in [7, 11) is 0. The van der Waals surface area contributed by atoms with E-state index in [0.29, 0.717) is 5.92 Å². The third-order valence-corrected chi connectivity index (χ3v) is 3.20. The number of hydrogen-bond acceptors (Lipinski definition) is 4. The Hall–Kier alpha value is -1.14. The summed E-state index contributed by atoms with van der Waals surface area (Å²) in [5.41, 5.74) is 11.2. The van der Waals surface area contributed by atoms with Crippen LogP contribution in [0.25, 0.3) is 0 Å². The van der Waals surface area contributed by atoms with Gasteiger partial charge < -0.3 is 21.7 Å². The first-order chi connectivity index (χ1) is 8.25. The zero-order chi connectivity index (χ0) is 14.2. The lowest BCUT2D eigenvalue weighted by molar-refractivity contribution is -0.138. The second-order valence-corrected chi connectivity index (χ2v) is 4.90. The fourth-order valence-corrected chi connectivity index (χ4v) is 1.79. The average molecular weight is 260 g/mol. The van der Waals surface area contributed by atoms with E-state index in [9.17, 15) is 9.59 Å². The van der Waals surface area contributed by atoms with Crippen molar-refractivity contribution >= 4 is 11.9 Å². The molecule has 1 aliphatic rings. The maximum Gasteiger partial charge on any atom is 0.303 e. The molecule has 0 aliphatic heterocycles. The second kappa shape index (κ2) is 8.05. The summed E-state index contributed by atoms with van der Waals surface area (Å²) in [5.74, 6) is -1.39. The number of hydrogen-bond donors (Lipinski definition) is 4. The molecule has 6 N–H and O–H groups in total. The molecule has 6 heteroatoms. The Morgan fingerprint density at radius 3 is 1.94 bits per heavy atom. The first-order valence-corrected chi connectivity index (χ1v) is 6.27. The minimum atomic E-state index is -0.948. The molecular weight excluding hydrogens is 236 g/mol. The Morgan fingerprint density at radius 1 is 1.17 bits per heavy atom. The van der Waals surface area contributed by atoms with Crippen molar-refractivity contribution in [1.29, 1.82) is 0 Å². The van der Waals surface area contributed by atoms with E-state index >= 15 is 0 Å². The van der Waals surface area contributed by atoms with E-state index in [2.05, 4.69) is 6.92 Å². The van der Waals surface area contributed by atoms with Crippen LogP contribution in [0.15, 0.2) is 0 Å². The van der Waals surface area contributed by atoms with Gasteiger partial charge in [-0.25, -0.2) is 0 Å². The number of nitrogens with two attached hydrogens (primary N) is 2. The summed E-state index contributed by atoms with van der Waals surface area (Å²) < 4.78 is 0. The van der Waals surface area contributed by atoms with Gasteiger partial charge in [-0.2, -0.15) is 0 Å². The highest BCUT2D eigenvalue weighted by Crippen LogP contribution is 2.26. The van der Waals surface area contributed by atoms with E-state index in [1.807, 2.05) is 0 Å². The van der Waals surface area contributed by atoms with Crippen LogP contribution in [-0.2, 0) is 9.59 Å². The molecule has 6 nitrogen and oxygen atoms in total. The molecule has 106 valence electrons. The summed E-state index contributed by atoms with van der Waals surface area (Å²) in [5, 5.41) is 16.1. The zero-order valence-corrected chi connectivity index (χ0v) is 10.9. The first-order valence-electron chi connectivity index (χ1n) is 6.27. The quantitative estimate of drug-likeness (QED) is 0.561. The summed E-state index contributed by atoms with van der Waals surface area (Å²) in [4.78, 5) is 19.6. The Bertz CT molecular complexity index is 265. The predicted molar refractivity (Wildman–Crippen MR) is 67.9 cm³/mol. The number of aliphatic carboxylic acids is 2. The number of carboxylic acids is 2. The van der Waals surface area contributed by atoms with Crippen molar-refractivity contribution in [2.75, 3.05) is 0 Å². The normalized spacial score (nSPS) is 21.6. The Labute approximate surface area is 107 Å². The standard InChI is InChI=1S/C7H16N2.C5H8O4/c1-6-4-2-3-5-7(6,8)9;6-4(7)2-1-3-5(8)9/h6H,2-5,8-9H2,1H3;1-3H2,(H,6,7)(H,8,9). The lowest BCUT2D eigenvalue weighted by atomic mass is 9.81.